The summed E-state index contributed by atoms with van der Waals surface area (Å²) in [6.45, 7) is 5.04. The van der Waals surface area contributed by atoms with Crippen molar-refractivity contribution >= 4 is 22.5 Å². The molecule has 0 unspecified atom stereocenters. The van der Waals surface area contributed by atoms with Crippen molar-refractivity contribution in [3.8, 4) is 11.5 Å². The summed E-state index contributed by atoms with van der Waals surface area (Å²) in [5.74, 6) is 1.84. The summed E-state index contributed by atoms with van der Waals surface area (Å²) in [6.07, 6.45) is 0.396. The van der Waals surface area contributed by atoms with Crippen molar-refractivity contribution in [2.24, 2.45) is 0 Å². The van der Waals surface area contributed by atoms with E-state index in [0.717, 1.165) is 52.4 Å². The van der Waals surface area contributed by atoms with Crippen molar-refractivity contribution in [3.05, 3.63) is 53.7 Å². The normalized spacial score (nSPS) is 14.3. The van der Waals surface area contributed by atoms with Crippen LogP contribution in [0.15, 0.2) is 42.5 Å². The molecule has 2 aromatic carbocycles. The van der Waals surface area contributed by atoms with E-state index in [9.17, 15) is 4.79 Å². The van der Waals surface area contributed by atoms with Crippen molar-refractivity contribution in [2.45, 2.75) is 13.3 Å². The molecule has 152 valence electrons. The fraction of sp³-hybridized carbons (Fsp3) is 0.348. The number of aromatic nitrogens is 1. The number of ether oxygens (including phenoxy) is 2. The molecule has 1 aromatic heterocycles. The lowest BCUT2D eigenvalue weighted by molar-refractivity contribution is -0.130. The van der Waals surface area contributed by atoms with Crippen molar-refractivity contribution in [3.63, 3.8) is 0 Å². The number of carbonyl (C=O) groups excluding carboxylic acids is 1. The number of fused-ring (bicyclic) bond motifs is 1. The molecule has 1 aliphatic heterocycles. The first-order valence-electron chi connectivity index (χ1n) is 9.91. The Kier molecular flexibility index (Phi) is 5.34. The van der Waals surface area contributed by atoms with Crippen LogP contribution in [0.4, 0.5) is 5.69 Å². The molecule has 6 nitrogen and oxygen atoms in total. The van der Waals surface area contributed by atoms with Gasteiger partial charge in [0, 0.05) is 42.8 Å². The summed E-state index contributed by atoms with van der Waals surface area (Å²) in [5, 5.41) is 1.06. The van der Waals surface area contributed by atoms with Crippen molar-refractivity contribution in [2.75, 3.05) is 45.3 Å². The Bertz CT molecular complexity index is 1020. The number of nitrogens with zero attached hydrogens (tertiary/aromatic N) is 2. The van der Waals surface area contributed by atoms with Gasteiger partial charge in [0.15, 0.2) is 0 Å². The van der Waals surface area contributed by atoms with Gasteiger partial charge >= 0.3 is 0 Å². The van der Waals surface area contributed by atoms with Crippen molar-refractivity contribution in [1.82, 2.24) is 9.88 Å². The minimum absolute atomic E-state index is 0.163. The molecule has 0 aliphatic carbocycles. The number of hydrogen-bond acceptors (Lipinski definition) is 4. The van der Waals surface area contributed by atoms with Crippen molar-refractivity contribution in [1.29, 1.82) is 0 Å². The number of benzene rings is 2. The molecule has 1 fully saturated rings. The molecule has 2 heterocycles. The highest BCUT2D eigenvalue weighted by Crippen LogP contribution is 2.29. The summed E-state index contributed by atoms with van der Waals surface area (Å²) < 4.78 is 10.8. The molecule has 0 bridgehead atoms. The van der Waals surface area contributed by atoms with Gasteiger partial charge in [-0.1, -0.05) is 12.1 Å². The first-order valence-corrected chi connectivity index (χ1v) is 9.91. The van der Waals surface area contributed by atoms with Crippen LogP contribution in [0.2, 0.25) is 0 Å². The van der Waals surface area contributed by atoms with Crippen molar-refractivity contribution < 1.29 is 14.3 Å². The Morgan fingerprint density at radius 3 is 2.52 bits per heavy atom. The number of hydrogen-bond donors (Lipinski definition) is 1. The van der Waals surface area contributed by atoms with Gasteiger partial charge in [-0.05, 0) is 42.8 Å². The quantitative estimate of drug-likeness (QED) is 0.722. The second kappa shape index (κ2) is 8.07. The fourth-order valence-corrected chi connectivity index (χ4v) is 4.07. The lowest BCUT2D eigenvalue weighted by atomic mass is 10.1. The number of para-hydroxylation sites is 2. The molecule has 1 saturated heterocycles. The van der Waals surface area contributed by atoms with Gasteiger partial charge in [-0.3, -0.25) is 4.79 Å². The molecule has 6 heteroatoms. The van der Waals surface area contributed by atoms with E-state index in [1.807, 2.05) is 48.2 Å². The van der Waals surface area contributed by atoms with E-state index in [-0.39, 0.29) is 5.91 Å². The Morgan fingerprint density at radius 1 is 1.03 bits per heavy atom. The minimum atomic E-state index is 0.163. The number of methoxy groups -OCH3 is 2. The highest BCUT2D eigenvalue weighted by molar-refractivity contribution is 5.91. The third-order valence-corrected chi connectivity index (χ3v) is 5.71. The van der Waals surface area contributed by atoms with Crippen LogP contribution in [0.5, 0.6) is 11.5 Å². The van der Waals surface area contributed by atoms with Gasteiger partial charge in [0.05, 0.1) is 26.3 Å². The van der Waals surface area contributed by atoms with Gasteiger partial charge in [0.1, 0.15) is 11.5 Å². The number of carbonyl (C=O) groups is 1. The second-order valence-corrected chi connectivity index (χ2v) is 7.36. The first kappa shape index (κ1) is 19.2. The molecule has 1 amide bonds. The van der Waals surface area contributed by atoms with Gasteiger partial charge < -0.3 is 24.3 Å². The van der Waals surface area contributed by atoms with E-state index in [4.69, 9.17) is 9.47 Å². The van der Waals surface area contributed by atoms with Crippen LogP contribution in [0.25, 0.3) is 10.9 Å². The minimum Gasteiger partial charge on any atom is -0.497 e. The third kappa shape index (κ3) is 3.75. The number of nitrogens with one attached hydrogen (secondary N) is 1. The zero-order valence-corrected chi connectivity index (χ0v) is 17.2. The molecule has 4 rings (SSSR count). The summed E-state index contributed by atoms with van der Waals surface area (Å²) in [5.41, 5.74) is 4.21. The molecular formula is C23H27N3O3. The van der Waals surface area contributed by atoms with Gasteiger partial charge in [-0.15, -0.1) is 0 Å². The van der Waals surface area contributed by atoms with E-state index in [2.05, 4.69) is 16.0 Å². The topological polar surface area (TPSA) is 57.8 Å². The van der Waals surface area contributed by atoms with E-state index in [1.54, 1.807) is 14.2 Å². The van der Waals surface area contributed by atoms with Gasteiger partial charge in [0.2, 0.25) is 5.91 Å². The predicted octanol–water partition coefficient (Wildman–Crippen LogP) is 3.38. The van der Waals surface area contributed by atoms with Crippen LogP contribution in [-0.4, -0.2) is 56.2 Å². The molecule has 0 atom stereocenters. The Hall–Kier alpha value is -3.15. The largest absolute Gasteiger partial charge is 0.497 e. The summed E-state index contributed by atoms with van der Waals surface area (Å²) in [7, 11) is 3.35. The maximum atomic E-state index is 13.0. The zero-order chi connectivity index (χ0) is 20.4. The SMILES string of the molecule is COc1ccc2[nH]c(C)c(CC(=O)N3CCN(c4ccccc4OC)CC3)c2c1. The molecule has 0 spiro atoms. The van der Waals surface area contributed by atoms with Crippen LogP contribution >= 0.6 is 0 Å². The van der Waals surface area contributed by atoms with E-state index in [0.29, 0.717) is 19.5 Å². The van der Waals surface area contributed by atoms with Gasteiger partial charge in [-0.2, -0.15) is 0 Å². The highest BCUT2D eigenvalue weighted by Gasteiger charge is 2.24. The number of aromatic amines is 1. The molecule has 3 aromatic rings. The Balaban J connectivity index is 1.46. The van der Waals surface area contributed by atoms with E-state index < -0.39 is 0 Å². The smallest absolute Gasteiger partial charge is 0.227 e. The van der Waals surface area contributed by atoms with Crippen LogP contribution in [-0.2, 0) is 11.2 Å². The molecular weight excluding hydrogens is 366 g/mol. The predicted molar refractivity (Wildman–Crippen MR) is 115 cm³/mol. The Morgan fingerprint density at radius 2 is 1.79 bits per heavy atom. The number of aryl methyl sites for hydroxylation is 1. The molecule has 1 aliphatic rings. The lowest BCUT2D eigenvalue weighted by Crippen LogP contribution is -2.49. The molecule has 29 heavy (non-hydrogen) atoms. The number of H-pyrrole nitrogens is 1. The lowest BCUT2D eigenvalue weighted by Gasteiger charge is -2.36. The van der Waals surface area contributed by atoms with E-state index >= 15 is 0 Å². The average Bonchev–Trinajstić information content (AvgIpc) is 3.08. The number of amides is 1. The maximum Gasteiger partial charge on any atom is 0.227 e. The summed E-state index contributed by atoms with van der Waals surface area (Å²) in [6, 6.07) is 14.0. The zero-order valence-electron chi connectivity index (χ0n) is 17.2. The van der Waals surface area contributed by atoms with Crippen LogP contribution in [0, 0.1) is 6.92 Å². The number of rotatable bonds is 5. The molecule has 0 radical (unpaired) electrons. The number of anilines is 1. The number of piperazine rings is 1. The first-order chi connectivity index (χ1) is 14.1. The second-order valence-electron chi connectivity index (χ2n) is 7.36. The third-order valence-electron chi connectivity index (χ3n) is 5.71. The van der Waals surface area contributed by atoms with Gasteiger partial charge in [-0.25, -0.2) is 0 Å². The standard InChI is InChI=1S/C23H27N3O3/c1-16-18(19-14-17(28-2)8-9-20(19)24-16)15-23(27)26-12-10-25(11-13-26)21-6-4-5-7-22(21)29-3/h4-9,14,24H,10-13,15H2,1-3H3. The molecule has 1 N–H and O–H groups in total. The van der Waals surface area contributed by atoms with Crippen LogP contribution < -0.4 is 14.4 Å². The average molecular weight is 393 g/mol. The van der Waals surface area contributed by atoms with Gasteiger partial charge in [0.25, 0.3) is 0 Å². The monoisotopic (exact) mass is 393 g/mol. The Labute approximate surface area is 171 Å². The fourth-order valence-electron chi connectivity index (χ4n) is 4.07. The summed E-state index contributed by atoms with van der Waals surface area (Å²) >= 11 is 0. The maximum absolute atomic E-state index is 13.0. The molecule has 0 saturated carbocycles. The summed E-state index contributed by atoms with van der Waals surface area (Å²) in [4.78, 5) is 20.6. The van der Waals surface area contributed by atoms with Crippen LogP contribution in [0.1, 0.15) is 11.3 Å². The van der Waals surface area contributed by atoms with Crippen LogP contribution in [0.3, 0.4) is 0 Å². The van der Waals surface area contributed by atoms with E-state index in [1.165, 1.54) is 0 Å². The highest BCUT2D eigenvalue weighted by atomic mass is 16.5.